The van der Waals surface area contributed by atoms with Gasteiger partial charge in [0.05, 0.1) is 7.32 Å². The number of rotatable bonds is 0. The van der Waals surface area contributed by atoms with Gasteiger partial charge in [-0.2, -0.15) is 0 Å². The van der Waals surface area contributed by atoms with Crippen molar-refractivity contribution in [1.29, 1.82) is 0 Å². The van der Waals surface area contributed by atoms with Crippen LogP contribution in [0.5, 0.6) is 0 Å². The van der Waals surface area contributed by atoms with E-state index in [9.17, 15) is 0 Å². The van der Waals surface area contributed by atoms with E-state index < -0.39 is 20.7 Å². The first-order valence-electron chi connectivity index (χ1n) is 1.35. The van der Waals surface area contributed by atoms with Crippen molar-refractivity contribution in [2.45, 2.75) is 0 Å². The molecule has 0 rings (SSSR count). The number of hydrogen-bond acceptors (Lipinski definition) is 7. The summed E-state index contributed by atoms with van der Waals surface area (Å²) in [6.07, 6.45) is 0. The van der Waals surface area contributed by atoms with Gasteiger partial charge in [-0.15, -0.1) is 0 Å². The van der Waals surface area contributed by atoms with Crippen molar-refractivity contribution in [3.63, 3.8) is 0 Å². The molecule has 0 atom stereocenters. The Morgan fingerprint density at radius 3 is 1.08 bits per heavy atom. The summed E-state index contributed by atoms with van der Waals surface area (Å²) < 4.78 is 34.3. The molecule has 0 fully saturated rings. The third kappa shape index (κ3) is 464. The zero-order chi connectivity index (χ0) is 8.08. The van der Waals surface area contributed by atoms with Crippen molar-refractivity contribution in [3.8, 4) is 0 Å². The first-order valence-corrected chi connectivity index (χ1v) is 3.27. The maximum atomic E-state index is 8.58. The summed E-state index contributed by atoms with van der Waals surface area (Å²) in [5, 5.41) is 24.0. The van der Waals surface area contributed by atoms with E-state index in [1.165, 1.54) is 0 Å². The van der Waals surface area contributed by atoms with Crippen molar-refractivity contribution in [3.05, 3.63) is 0 Å². The fourth-order valence-electron chi connectivity index (χ4n) is 0. The maximum absolute atomic E-state index is 8.58. The normalized spacial score (nSPS) is 7.08. The van der Waals surface area contributed by atoms with Gasteiger partial charge in [-0.3, -0.25) is 0 Å². The SMILES string of the molecule is [Fe+2].[Li+].[Li+].[O-]B([O-])O.[O]=[Mn](=[O])([O-])[O-]. The van der Waals surface area contributed by atoms with Crippen molar-refractivity contribution in [2.24, 2.45) is 0 Å². The van der Waals surface area contributed by atoms with E-state index in [0.717, 1.165) is 0 Å². The Balaban J connectivity index is -0.0000000221. The van der Waals surface area contributed by atoms with Gasteiger partial charge < -0.3 is 15.1 Å². The molecule has 0 saturated carbocycles. The summed E-state index contributed by atoms with van der Waals surface area (Å²) in [6, 6.07) is 0. The quantitative estimate of drug-likeness (QED) is 0.419. The van der Waals surface area contributed by atoms with Crippen molar-refractivity contribution in [1.82, 2.24) is 0 Å². The topological polar surface area (TPSA) is 147 Å². The molecule has 0 amide bonds. The Morgan fingerprint density at radius 1 is 1.08 bits per heavy atom. The van der Waals surface area contributed by atoms with Crippen molar-refractivity contribution >= 4 is 7.32 Å². The van der Waals surface area contributed by atoms with Crippen LogP contribution in [-0.4, -0.2) is 12.3 Å². The summed E-state index contributed by atoms with van der Waals surface area (Å²) in [5.74, 6) is 0. The Bertz CT molecular complexity index is 133. The Hall–Kier alpha value is 1.70. The average Bonchev–Trinajstić information content (AvgIpc) is 1.19. The molecule has 63 valence electrons. The fourth-order valence-corrected chi connectivity index (χ4v) is 0. The van der Waals surface area contributed by atoms with Gasteiger partial charge in [0.15, 0.2) is 0 Å². The first-order chi connectivity index (χ1) is 3.73. The van der Waals surface area contributed by atoms with Crippen LogP contribution in [0, 0.1) is 0 Å². The van der Waals surface area contributed by atoms with Crippen LogP contribution in [-0.2, 0) is 38.1 Å². The molecule has 12 heavy (non-hydrogen) atoms. The van der Waals surface area contributed by atoms with Crippen molar-refractivity contribution < 1.29 is 99.3 Å². The molecular formula is HBFeLi2MnO7. The van der Waals surface area contributed by atoms with E-state index >= 15 is 0 Å². The van der Waals surface area contributed by atoms with Crippen LogP contribution < -0.4 is 56.1 Å². The molecule has 0 heterocycles. The molecule has 0 aromatic rings. The van der Waals surface area contributed by atoms with Gasteiger partial charge >= 0.3 is 84.2 Å². The standard InChI is InChI=1S/BHO3.Fe.2Li.Mn.4O/c2-1(3)4;;;;;;;;/h2H;;;;;;;;/q-2;+2;2*+1;;;;2*-1. The van der Waals surface area contributed by atoms with Gasteiger partial charge in [0.25, 0.3) is 0 Å². The van der Waals surface area contributed by atoms with Crippen LogP contribution in [0.4, 0.5) is 0 Å². The molecule has 0 unspecified atom stereocenters. The van der Waals surface area contributed by atoms with Gasteiger partial charge in [0.1, 0.15) is 0 Å². The Kier molecular flexibility index (Phi) is 36.9. The van der Waals surface area contributed by atoms with E-state index in [1.54, 1.807) is 0 Å². The third-order valence-corrected chi connectivity index (χ3v) is 0. The zero-order valence-electron chi connectivity index (χ0n) is 6.21. The summed E-state index contributed by atoms with van der Waals surface area (Å²) in [5.41, 5.74) is 0. The Morgan fingerprint density at radius 2 is 1.08 bits per heavy atom. The predicted molar refractivity (Wildman–Crippen MR) is 9.35 cm³/mol. The monoisotopic (exact) mass is 249 g/mol. The van der Waals surface area contributed by atoms with Gasteiger partial charge in [-0.1, -0.05) is 0 Å². The first kappa shape index (κ1) is 29.2. The van der Waals surface area contributed by atoms with Gasteiger partial charge in [-0.25, -0.2) is 0 Å². The van der Waals surface area contributed by atoms with Crippen LogP contribution in [0.1, 0.15) is 0 Å². The molecule has 0 radical (unpaired) electrons. The minimum atomic E-state index is -5.62. The van der Waals surface area contributed by atoms with Crippen LogP contribution in [0.3, 0.4) is 0 Å². The number of hydrogen-bond donors (Lipinski definition) is 1. The van der Waals surface area contributed by atoms with Gasteiger partial charge in [-0.05, 0) is 0 Å². The summed E-state index contributed by atoms with van der Waals surface area (Å²) in [7, 11) is -2.67. The van der Waals surface area contributed by atoms with E-state index in [-0.39, 0.29) is 54.8 Å². The minimum absolute atomic E-state index is 0. The summed E-state index contributed by atoms with van der Waals surface area (Å²) >= 11 is -5.62. The van der Waals surface area contributed by atoms with E-state index in [2.05, 4.69) is 0 Å². The fraction of sp³-hybridized carbons (Fsp3) is 0. The zero-order valence-corrected chi connectivity index (χ0v) is 8.49. The second-order valence-electron chi connectivity index (χ2n) is 0.685. The molecular weight excluding hydrogens is 247 g/mol. The molecule has 0 aromatic heterocycles. The second-order valence-corrected chi connectivity index (χ2v) is 1.87. The Labute approximate surface area is 106 Å². The van der Waals surface area contributed by atoms with Crippen LogP contribution in [0.2, 0.25) is 0 Å². The molecule has 0 aliphatic rings. The molecule has 0 aliphatic carbocycles. The molecule has 0 saturated heterocycles. The predicted octanol–water partition coefficient (Wildman–Crippen LogP) is -11.9. The molecule has 0 bridgehead atoms. The molecule has 0 spiro atoms. The van der Waals surface area contributed by atoms with Crippen LogP contribution >= 0.6 is 0 Å². The summed E-state index contributed by atoms with van der Waals surface area (Å²) in [6.45, 7) is 0. The van der Waals surface area contributed by atoms with Crippen LogP contribution in [0.15, 0.2) is 0 Å². The molecule has 1 N–H and O–H groups in total. The van der Waals surface area contributed by atoms with E-state index in [0.29, 0.717) is 0 Å². The van der Waals surface area contributed by atoms with E-state index in [1.807, 2.05) is 0 Å². The molecule has 7 nitrogen and oxygen atoms in total. The van der Waals surface area contributed by atoms with E-state index in [4.69, 9.17) is 31.1 Å². The summed E-state index contributed by atoms with van der Waals surface area (Å²) in [4.78, 5) is 0. The van der Waals surface area contributed by atoms with Gasteiger partial charge in [0, 0.05) is 0 Å². The average molecular weight is 248 g/mol. The molecule has 0 aliphatic heterocycles. The van der Waals surface area contributed by atoms with Gasteiger partial charge in [0.2, 0.25) is 0 Å². The third-order valence-electron chi connectivity index (χ3n) is 0. The molecule has 12 heteroatoms. The second kappa shape index (κ2) is 15.2. The van der Waals surface area contributed by atoms with Crippen molar-refractivity contribution in [2.75, 3.05) is 0 Å². The molecule has 0 aromatic carbocycles. The van der Waals surface area contributed by atoms with Crippen LogP contribution in [0.25, 0.3) is 0 Å².